The van der Waals surface area contributed by atoms with Crippen LogP contribution in [0.5, 0.6) is 0 Å². The maximum atomic E-state index is 9.20. The second-order valence-electron chi connectivity index (χ2n) is 5.32. The average Bonchev–Trinajstić information content (AvgIpc) is 2.36. The SMILES string of the molecule is CC(C)(CO)CNc1ccc2cc(N)ccc2n1. The number of rotatable bonds is 4. The molecule has 4 nitrogen and oxygen atoms in total. The molecule has 0 aliphatic carbocycles. The minimum Gasteiger partial charge on any atom is -0.399 e. The van der Waals surface area contributed by atoms with Crippen LogP contribution in [0.25, 0.3) is 10.9 Å². The quantitative estimate of drug-likeness (QED) is 0.722. The molecule has 96 valence electrons. The van der Waals surface area contributed by atoms with Gasteiger partial charge >= 0.3 is 0 Å². The standard InChI is InChI=1S/C14H19N3O/c1-14(2,9-18)8-16-13-6-3-10-7-11(15)4-5-12(10)17-13/h3-7,18H,8-9,15H2,1-2H3,(H,16,17). The molecule has 0 saturated carbocycles. The van der Waals surface area contributed by atoms with E-state index < -0.39 is 0 Å². The smallest absolute Gasteiger partial charge is 0.126 e. The molecular formula is C14H19N3O. The molecule has 0 bridgehead atoms. The van der Waals surface area contributed by atoms with Crippen molar-refractivity contribution in [3.8, 4) is 0 Å². The summed E-state index contributed by atoms with van der Waals surface area (Å²) < 4.78 is 0. The van der Waals surface area contributed by atoms with E-state index in [2.05, 4.69) is 10.3 Å². The molecule has 4 N–H and O–H groups in total. The fraction of sp³-hybridized carbons (Fsp3) is 0.357. The van der Waals surface area contributed by atoms with E-state index in [0.717, 1.165) is 22.4 Å². The maximum Gasteiger partial charge on any atom is 0.126 e. The van der Waals surface area contributed by atoms with Crippen LogP contribution < -0.4 is 11.1 Å². The Morgan fingerprint density at radius 3 is 2.78 bits per heavy atom. The average molecular weight is 245 g/mol. The molecule has 1 aromatic heterocycles. The summed E-state index contributed by atoms with van der Waals surface area (Å²) in [6, 6.07) is 9.58. The van der Waals surface area contributed by atoms with Gasteiger partial charge in [0.15, 0.2) is 0 Å². The van der Waals surface area contributed by atoms with E-state index in [0.29, 0.717) is 6.54 Å². The van der Waals surface area contributed by atoms with E-state index in [4.69, 9.17) is 5.73 Å². The summed E-state index contributed by atoms with van der Waals surface area (Å²) in [5.74, 6) is 0.814. The molecule has 0 radical (unpaired) electrons. The lowest BCUT2D eigenvalue weighted by Crippen LogP contribution is -2.27. The first kappa shape index (κ1) is 12.6. The number of aliphatic hydroxyl groups excluding tert-OH is 1. The number of anilines is 2. The van der Waals surface area contributed by atoms with Crippen LogP contribution in [0.3, 0.4) is 0 Å². The molecule has 1 aromatic carbocycles. The second-order valence-corrected chi connectivity index (χ2v) is 5.32. The van der Waals surface area contributed by atoms with Crippen LogP contribution in [0.4, 0.5) is 11.5 Å². The van der Waals surface area contributed by atoms with E-state index in [9.17, 15) is 5.11 Å². The van der Waals surface area contributed by atoms with Gasteiger partial charge in [0.2, 0.25) is 0 Å². The van der Waals surface area contributed by atoms with Crippen molar-refractivity contribution in [3.63, 3.8) is 0 Å². The summed E-state index contributed by atoms with van der Waals surface area (Å²) in [5.41, 5.74) is 7.22. The molecule has 1 heterocycles. The van der Waals surface area contributed by atoms with Crippen LogP contribution in [-0.2, 0) is 0 Å². The predicted octanol–water partition coefficient (Wildman–Crippen LogP) is 2.25. The zero-order valence-corrected chi connectivity index (χ0v) is 10.8. The Hall–Kier alpha value is -1.81. The van der Waals surface area contributed by atoms with Crippen molar-refractivity contribution in [2.45, 2.75) is 13.8 Å². The number of nitrogens with zero attached hydrogens (tertiary/aromatic N) is 1. The molecule has 0 fully saturated rings. The highest BCUT2D eigenvalue weighted by atomic mass is 16.3. The molecule has 0 atom stereocenters. The largest absolute Gasteiger partial charge is 0.399 e. The van der Waals surface area contributed by atoms with Gasteiger partial charge in [-0.15, -0.1) is 0 Å². The number of benzene rings is 1. The number of hydrogen-bond donors (Lipinski definition) is 3. The molecule has 2 aromatic rings. The molecule has 0 aliphatic heterocycles. The van der Waals surface area contributed by atoms with Crippen molar-refractivity contribution in [2.24, 2.45) is 5.41 Å². The molecule has 0 unspecified atom stereocenters. The fourth-order valence-electron chi connectivity index (χ4n) is 1.63. The molecule has 2 rings (SSSR count). The Morgan fingerprint density at radius 2 is 2.06 bits per heavy atom. The molecule has 0 spiro atoms. The molecule has 0 amide bonds. The van der Waals surface area contributed by atoms with Crippen molar-refractivity contribution in [3.05, 3.63) is 30.3 Å². The van der Waals surface area contributed by atoms with Gasteiger partial charge in [-0.3, -0.25) is 0 Å². The van der Waals surface area contributed by atoms with E-state index in [1.54, 1.807) is 0 Å². The van der Waals surface area contributed by atoms with Gasteiger partial charge in [-0.2, -0.15) is 0 Å². The van der Waals surface area contributed by atoms with E-state index in [-0.39, 0.29) is 12.0 Å². The Morgan fingerprint density at radius 1 is 1.28 bits per heavy atom. The highest BCUT2D eigenvalue weighted by Crippen LogP contribution is 2.19. The van der Waals surface area contributed by atoms with Crippen LogP contribution in [0.15, 0.2) is 30.3 Å². The van der Waals surface area contributed by atoms with Gasteiger partial charge in [-0.05, 0) is 30.3 Å². The number of fused-ring (bicyclic) bond motifs is 1. The van der Waals surface area contributed by atoms with Crippen LogP contribution in [-0.4, -0.2) is 23.2 Å². The van der Waals surface area contributed by atoms with Crippen molar-refractivity contribution in [1.82, 2.24) is 4.98 Å². The molecule has 18 heavy (non-hydrogen) atoms. The van der Waals surface area contributed by atoms with Gasteiger partial charge < -0.3 is 16.2 Å². The summed E-state index contributed by atoms with van der Waals surface area (Å²) in [7, 11) is 0. The van der Waals surface area contributed by atoms with Crippen LogP contribution >= 0.6 is 0 Å². The van der Waals surface area contributed by atoms with Crippen molar-refractivity contribution >= 4 is 22.4 Å². The first-order valence-corrected chi connectivity index (χ1v) is 6.01. The number of nitrogens with two attached hydrogens (primary N) is 1. The third-order valence-electron chi connectivity index (χ3n) is 2.89. The van der Waals surface area contributed by atoms with E-state index >= 15 is 0 Å². The Bertz CT molecular complexity index is 552. The summed E-state index contributed by atoms with van der Waals surface area (Å²) in [6.45, 7) is 4.82. The zero-order valence-electron chi connectivity index (χ0n) is 10.8. The Balaban J connectivity index is 2.18. The lowest BCUT2D eigenvalue weighted by Gasteiger charge is -2.22. The lowest BCUT2D eigenvalue weighted by molar-refractivity contribution is 0.170. The highest BCUT2D eigenvalue weighted by molar-refractivity contribution is 5.83. The molecule has 0 saturated heterocycles. The monoisotopic (exact) mass is 245 g/mol. The summed E-state index contributed by atoms with van der Waals surface area (Å²) in [5, 5.41) is 13.5. The van der Waals surface area contributed by atoms with Gasteiger partial charge in [0, 0.05) is 29.6 Å². The number of nitrogens with one attached hydrogen (secondary N) is 1. The maximum absolute atomic E-state index is 9.20. The number of nitrogen functional groups attached to an aromatic ring is 1. The van der Waals surface area contributed by atoms with Gasteiger partial charge in [-0.25, -0.2) is 4.98 Å². The lowest BCUT2D eigenvalue weighted by atomic mass is 9.95. The van der Waals surface area contributed by atoms with E-state index in [1.165, 1.54) is 0 Å². The van der Waals surface area contributed by atoms with Gasteiger partial charge in [0.25, 0.3) is 0 Å². The highest BCUT2D eigenvalue weighted by Gasteiger charge is 2.16. The first-order valence-electron chi connectivity index (χ1n) is 6.01. The van der Waals surface area contributed by atoms with Crippen molar-refractivity contribution in [2.75, 3.05) is 24.2 Å². The van der Waals surface area contributed by atoms with Crippen molar-refractivity contribution in [1.29, 1.82) is 0 Å². The minimum absolute atomic E-state index is 0.143. The van der Waals surface area contributed by atoms with Crippen LogP contribution in [0, 0.1) is 5.41 Å². The number of hydrogen-bond acceptors (Lipinski definition) is 4. The number of pyridine rings is 1. The van der Waals surface area contributed by atoms with Gasteiger partial charge in [0.1, 0.15) is 5.82 Å². The molecule has 0 aliphatic rings. The fourth-order valence-corrected chi connectivity index (χ4v) is 1.63. The third kappa shape index (κ3) is 2.90. The number of aliphatic hydroxyl groups is 1. The second kappa shape index (κ2) is 4.82. The summed E-state index contributed by atoms with van der Waals surface area (Å²) >= 11 is 0. The minimum atomic E-state index is -0.155. The van der Waals surface area contributed by atoms with Gasteiger partial charge in [0.05, 0.1) is 5.52 Å². The zero-order chi connectivity index (χ0) is 13.2. The summed E-state index contributed by atoms with van der Waals surface area (Å²) in [6.07, 6.45) is 0. The number of aromatic nitrogens is 1. The predicted molar refractivity (Wildman–Crippen MR) is 75.5 cm³/mol. The van der Waals surface area contributed by atoms with Crippen molar-refractivity contribution < 1.29 is 5.11 Å². The Labute approximate surface area is 107 Å². The normalized spacial score (nSPS) is 11.7. The van der Waals surface area contributed by atoms with Crippen LogP contribution in [0.1, 0.15) is 13.8 Å². The topological polar surface area (TPSA) is 71.2 Å². The Kier molecular flexibility index (Phi) is 3.39. The van der Waals surface area contributed by atoms with Gasteiger partial charge in [-0.1, -0.05) is 13.8 Å². The van der Waals surface area contributed by atoms with E-state index in [1.807, 2.05) is 44.2 Å². The molecule has 4 heteroatoms. The third-order valence-corrected chi connectivity index (χ3v) is 2.89. The van der Waals surface area contributed by atoms with Crippen LogP contribution in [0.2, 0.25) is 0 Å². The molecular weight excluding hydrogens is 226 g/mol. The summed E-state index contributed by atoms with van der Waals surface area (Å²) in [4.78, 5) is 4.51. The first-order chi connectivity index (χ1) is 8.50.